The van der Waals surface area contributed by atoms with E-state index in [1.165, 1.54) is 33.5 Å². The monoisotopic (exact) mass is 865 g/mol. The quantitative estimate of drug-likeness (QED) is 0.151. The van der Waals surface area contributed by atoms with E-state index >= 15 is 0 Å². The minimum absolute atomic E-state index is 0.0000511. The van der Waals surface area contributed by atoms with Gasteiger partial charge in [-0.15, -0.1) is 0 Å². The second-order valence-corrected chi connectivity index (χ2v) is 19.6. The SMILES string of the molecule is Cc1cc(N2C=CN(c3cccc(Oc4cc5c(cc4-c4nc(-c6ccc(C(C)(C)C)cc6)nc(-c6ccc(C(C)(C)C)cc6)n4)c4ccccc4n5-c4ccccn4)c3)C2)cc(C)c1C. The van der Waals surface area contributed by atoms with Crippen molar-refractivity contribution in [3.8, 4) is 51.5 Å². The molecular formula is C58H55N7O. The van der Waals surface area contributed by atoms with Crippen molar-refractivity contribution in [2.75, 3.05) is 16.5 Å². The number of hydrogen-bond donors (Lipinski definition) is 0. The van der Waals surface area contributed by atoms with Crippen LogP contribution in [0, 0.1) is 20.8 Å². The molecule has 8 nitrogen and oxygen atoms in total. The van der Waals surface area contributed by atoms with Gasteiger partial charge in [-0.25, -0.2) is 19.9 Å². The molecule has 0 N–H and O–H groups in total. The van der Waals surface area contributed by atoms with E-state index in [1.807, 2.05) is 36.5 Å². The van der Waals surface area contributed by atoms with E-state index in [0.717, 1.165) is 50.0 Å². The van der Waals surface area contributed by atoms with Gasteiger partial charge in [-0.3, -0.25) is 4.57 Å². The van der Waals surface area contributed by atoms with Gasteiger partial charge in [0.15, 0.2) is 17.5 Å². The Morgan fingerprint density at radius 2 is 1.11 bits per heavy atom. The molecule has 0 radical (unpaired) electrons. The van der Waals surface area contributed by atoms with E-state index < -0.39 is 0 Å². The Balaban J connectivity index is 1.14. The third-order valence-corrected chi connectivity index (χ3v) is 12.9. The van der Waals surface area contributed by atoms with Crippen LogP contribution < -0.4 is 14.5 Å². The zero-order valence-electron chi connectivity index (χ0n) is 39.3. The van der Waals surface area contributed by atoms with Gasteiger partial charge in [0.1, 0.15) is 17.3 Å². The molecule has 4 heterocycles. The molecule has 1 aliphatic heterocycles. The van der Waals surface area contributed by atoms with Gasteiger partial charge in [0.2, 0.25) is 0 Å². The third-order valence-electron chi connectivity index (χ3n) is 12.9. The first-order valence-corrected chi connectivity index (χ1v) is 22.7. The predicted molar refractivity (Wildman–Crippen MR) is 272 cm³/mol. The summed E-state index contributed by atoms with van der Waals surface area (Å²) in [4.78, 5) is 25.1. The number of benzene rings is 6. The van der Waals surface area contributed by atoms with Crippen LogP contribution >= 0.6 is 0 Å². The number of pyridine rings is 1. The number of nitrogens with zero attached hydrogens (tertiary/aromatic N) is 7. The molecule has 328 valence electrons. The van der Waals surface area contributed by atoms with Crippen LogP contribution in [0.4, 0.5) is 11.4 Å². The maximum atomic E-state index is 7.11. The maximum absolute atomic E-state index is 7.11. The van der Waals surface area contributed by atoms with Crippen molar-refractivity contribution in [1.29, 1.82) is 0 Å². The van der Waals surface area contributed by atoms with E-state index in [9.17, 15) is 0 Å². The minimum Gasteiger partial charge on any atom is -0.456 e. The zero-order chi connectivity index (χ0) is 45.9. The van der Waals surface area contributed by atoms with E-state index in [0.29, 0.717) is 35.6 Å². The van der Waals surface area contributed by atoms with Gasteiger partial charge in [0.25, 0.3) is 0 Å². The first kappa shape index (κ1) is 42.4. The van der Waals surface area contributed by atoms with Crippen molar-refractivity contribution in [2.45, 2.75) is 73.1 Å². The summed E-state index contributed by atoms with van der Waals surface area (Å²) in [6.07, 6.45) is 6.10. The summed E-state index contributed by atoms with van der Waals surface area (Å²) in [5.41, 5.74) is 13.1. The second-order valence-electron chi connectivity index (χ2n) is 19.6. The topological polar surface area (TPSA) is 72.2 Å². The van der Waals surface area contributed by atoms with Gasteiger partial charge in [-0.2, -0.15) is 0 Å². The van der Waals surface area contributed by atoms with Crippen LogP contribution in [0.1, 0.15) is 69.4 Å². The van der Waals surface area contributed by atoms with Gasteiger partial charge in [-0.05, 0) is 108 Å². The number of rotatable bonds is 8. The molecule has 1 aliphatic rings. The van der Waals surface area contributed by atoms with Crippen LogP contribution in [-0.2, 0) is 10.8 Å². The summed E-state index contributed by atoms with van der Waals surface area (Å²) in [6.45, 7) is 20.6. The Morgan fingerprint density at radius 3 is 1.71 bits per heavy atom. The van der Waals surface area contributed by atoms with Crippen molar-refractivity contribution < 1.29 is 4.74 Å². The van der Waals surface area contributed by atoms with Gasteiger partial charge in [0, 0.05) is 64.0 Å². The summed E-state index contributed by atoms with van der Waals surface area (Å²) < 4.78 is 9.32. The van der Waals surface area contributed by atoms with E-state index in [4.69, 9.17) is 24.7 Å². The molecule has 9 aromatic rings. The van der Waals surface area contributed by atoms with Crippen molar-refractivity contribution in [3.63, 3.8) is 0 Å². The number of para-hydroxylation sites is 1. The van der Waals surface area contributed by atoms with Crippen molar-refractivity contribution in [1.82, 2.24) is 24.5 Å². The Bertz CT molecular complexity index is 3200. The number of aromatic nitrogens is 5. The fraction of sp³-hybridized carbons (Fsp3) is 0.207. The second kappa shape index (κ2) is 16.4. The normalized spacial score (nSPS) is 13.0. The standard InChI is InChI=1S/C58H55N7O/c1-37-31-45(32-38(2)39(37)3)64-30-29-63(36-64)44-15-14-16-46(33-44)66-52-35-51-48(47-17-10-11-18-50(47)65(51)53-19-12-13-28-59-53)34-49(52)56-61-54(40-20-24-42(25-21-40)57(4,5)6)60-55(62-56)41-22-26-43(27-23-41)58(7,8)9/h10-35H,36H2,1-9H3. The van der Waals surface area contributed by atoms with E-state index in [-0.39, 0.29) is 10.8 Å². The molecule has 0 saturated heterocycles. The van der Waals surface area contributed by atoms with Crippen LogP contribution in [0.2, 0.25) is 0 Å². The van der Waals surface area contributed by atoms with Gasteiger partial charge in [0.05, 0.1) is 23.3 Å². The Hall–Kier alpha value is -7.58. The van der Waals surface area contributed by atoms with Gasteiger partial charge in [-0.1, -0.05) is 120 Å². The molecular weight excluding hydrogens is 811 g/mol. The lowest BCUT2D eigenvalue weighted by atomic mass is 9.86. The Labute approximate surface area is 387 Å². The van der Waals surface area contributed by atoms with Crippen molar-refractivity contribution in [2.24, 2.45) is 0 Å². The average molecular weight is 866 g/mol. The number of hydrogen-bond acceptors (Lipinski definition) is 7. The highest BCUT2D eigenvalue weighted by molar-refractivity contribution is 6.11. The molecule has 8 heteroatoms. The van der Waals surface area contributed by atoms with Gasteiger partial charge >= 0.3 is 0 Å². The highest BCUT2D eigenvalue weighted by atomic mass is 16.5. The Morgan fingerprint density at radius 1 is 0.515 bits per heavy atom. The largest absolute Gasteiger partial charge is 0.456 e. The highest BCUT2D eigenvalue weighted by Crippen LogP contribution is 2.42. The summed E-state index contributed by atoms with van der Waals surface area (Å²) in [5.74, 6) is 3.80. The molecule has 0 bridgehead atoms. The lowest BCUT2D eigenvalue weighted by molar-refractivity contribution is 0.484. The molecule has 0 saturated carbocycles. The molecule has 3 aromatic heterocycles. The molecule has 0 aliphatic carbocycles. The molecule has 66 heavy (non-hydrogen) atoms. The average Bonchev–Trinajstić information content (AvgIpc) is 3.94. The summed E-state index contributed by atoms with van der Waals surface area (Å²) >= 11 is 0. The lowest BCUT2D eigenvalue weighted by Gasteiger charge is -2.23. The fourth-order valence-corrected chi connectivity index (χ4v) is 8.77. The van der Waals surface area contributed by atoms with E-state index in [2.05, 4.69) is 198 Å². The fourth-order valence-electron chi connectivity index (χ4n) is 8.77. The molecule has 6 aromatic carbocycles. The van der Waals surface area contributed by atoms with Crippen LogP contribution in [0.3, 0.4) is 0 Å². The number of anilines is 2. The molecule has 0 spiro atoms. The predicted octanol–water partition coefficient (Wildman–Crippen LogP) is 14.4. The maximum Gasteiger partial charge on any atom is 0.167 e. The summed E-state index contributed by atoms with van der Waals surface area (Å²) in [6, 6.07) is 48.7. The van der Waals surface area contributed by atoms with Crippen LogP contribution in [-0.4, -0.2) is 31.2 Å². The highest BCUT2D eigenvalue weighted by Gasteiger charge is 2.24. The zero-order valence-corrected chi connectivity index (χ0v) is 39.3. The lowest BCUT2D eigenvalue weighted by Crippen LogP contribution is -2.24. The van der Waals surface area contributed by atoms with Crippen LogP contribution in [0.25, 0.3) is 61.8 Å². The number of fused-ring (bicyclic) bond motifs is 3. The van der Waals surface area contributed by atoms with Crippen molar-refractivity contribution in [3.05, 3.63) is 186 Å². The smallest absolute Gasteiger partial charge is 0.167 e. The molecule has 10 rings (SSSR count). The molecule has 0 unspecified atom stereocenters. The number of aryl methyl sites for hydroxylation is 2. The van der Waals surface area contributed by atoms with Crippen LogP contribution in [0.5, 0.6) is 11.5 Å². The molecule has 0 atom stereocenters. The third kappa shape index (κ3) is 8.08. The first-order chi connectivity index (χ1) is 31.7. The summed E-state index contributed by atoms with van der Waals surface area (Å²) in [5, 5.41) is 2.12. The molecule has 0 amide bonds. The van der Waals surface area contributed by atoms with Gasteiger partial charge < -0.3 is 14.5 Å². The molecule has 0 fully saturated rings. The van der Waals surface area contributed by atoms with Crippen LogP contribution in [0.15, 0.2) is 158 Å². The first-order valence-electron chi connectivity index (χ1n) is 22.7. The van der Waals surface area contributed by atoms with Crippen molar-refractivity contribution >= 4 is 33.2 Å². The summed E-state index contributed by atoms with van der Waals surface area (Å²) in [7, 11) is 0. The minimum atomic E-state index is -0.0000511. The number of ether oxygens (including phenoxy) is 1. The Kier molecular flexibility index (Phi) is 10.6. The van der Waals surface area contributed by atoms with E-state index in [1.54, 1.807) is 0 Å².